The number of hydrogen-bond acceptors (Lipinski definition) is 1. The van der Waals surface area contributed by atoms with Crippen LogP contribution in [0.25, 0.3) is 0 Å². The molecule has 0 saturated heterocycles. The molecule has 0 N–H and O–H groups in total. The normalized spacial score (nSPS) is 20.7. The van der Waals surface area contributed by atoms with Crippen LogP contribution in [-0.4, -0.2) is 17.4 Å². The first kappa shape index (κ1) is 12.0. The van der Waals surface area contributed by atoms with E-state index in [-0.39, 0.29) is 5.91 Å². The number of amides is 1. The number of rotatable bonds is 3. The van der Waals surface area contributed by atoms with Crippen molar-refractivity contribution < 1.29 is 4.79 Å². The fourth-order valence-corrected chi connectivity index (χ4v) is 2.04. The number of hydrogen-bond donors (Lipinski definition) is 0. The first-order valence-corrected chi connectivity index (χ1v) is 5.72. The van der Waals surface area contributed by atoms with Crippen LogP contribution in [0.1, 0.15) is 40.5 Å². The van der Waals surface area contributed by atoms with E-state index in [1.807, 2.05) is 4.90 Å². The van der Waals surface area contributed by atoms with E-state index in [0.717, 1.165) is 25.1 Å². The van der Waals surface area contributed by atoms with E-state index in [1.165, 1.54) is 5.57 Å². The molecule has 0 saturated carbocycles. The molecule has 1 aliphatic carbocycles. The van der Waals surface area contributed by atoms with Crippen LogP contribution < -0.4 is 0 Å². The molecule has 1 aliphatic rings. The van der Waals surface area contributed by atoms with E-state index in [1.54, 1.807) is 6.92 Å². The van der Waals surface area contributed by atoms with E-state index >= 15 is 0 Å². The van der Waals surface area contributed by atoms with Crippen LogP contribution in [0.5, 0.6) is 0 Å². The summed E-state index contributed by atoms with van der Waals surface area (Å²) in [6.45, 7) is 8.89. The summed E-state index contributed by atoms with van der Waals surface area (Å²) >= 11 is 0. The van der Waals surface area contributed by atoms with Crippen molar-refractivity contribution in [3.05, 3.63) is 23.4 Å². The number of nitrogens with zero attached hydrogens (tertiary/aromatic N) is 1. The second kappa shape index (κ2) is 5.15. The van der Waals surface area contributed by atoms with Crippen molar-refractivity contribution in [1.82, 2.24) is 4.90 Å². The zero-order valence-corrected chi connectivity index (χ0v) is 10.2. The summed E-state index contributed by atoms with van der Waals surface area (Å²) in [7, 11) is 0. The van der Waals surface area contributed by atoms with E-state index in [0.29, 0.717) is 5.92 Å². The molecule has 1 amide bonds. The van der Waals surface area contributed by atoms with Crippen LogP contribution in [0.3, 0.4) is 0 Å². The zero-order valence-electron chi connectivity index (χ0n) is 10.2. The highest BCUT2D eigenvalue weighted by Gasteiger charge is 2.17. The molecule has 0 heterocycles. The molecule has 2 heteroatoms. The van der Waals surface area contributed by atoms with E-state index < -0.39 is 0 Å². The quantitative estimate of drug-likeness (QED) is 0.696. The Hall–Kier alpha value is -1.05. The van der Waals surface area contributed by atoms with E-state index in [9.17, 15) is 4.79 Å². The summed E-state index contributed by atoms with van der Waals surface area (Å²) in [6, 6.07) is 0. The van der Waals surface area contributed by atoms with Gasteiger partial charge >= 0.3 is 0 Å². The smallest absolute Gasteiger partial charge is 0.223 e. The van der Waals surface area contributed by atoms with Gasteiger partial charge < -0.3 is 4.90 Å². The van der Waals surface area contributed by atoms with Crippen molar-refractivity contribution in [3.63, 3.8) is 0 Å². The van der Waals surface area contributed by atoms with Gasteiger partial charge in [0.25, 0.3) is 0 Å². The van der Waals surface area contributed by atoms with Crippen LogP contribution in [0.4, 0.5) is 0 Å². The maximum Gasteiger partial charge on any atom is 0.223 e. The molecule has 1 rings (SSSR count). The summed E-state index contributed by atoms with van der Waals surface area (Å²) in [5.41, 5.74) is 2.44. The van der Waals surface area contributed by atoms with Gasteiger partial charge in [-0.05, 0) is 37.3 Å². The monoisotopic (exact) mass is 207 g/mol. The largest absolute Gasteiger partial charge is 0.313 e. The average molecular weight is 207 g/mol. The van der Waals surface area contributed by atoms with Gasteiger partial charge in [-0.1, -0.05) is 19.9 Å². The Bertz CT molecular complexity index is 302. The van der Waals surface area contributed by atoms with Crippen LogP contribution >= 0.6 is 0 Å². The molecule has 0 fully saturated rings. The molecule has 0 aromatic carbocycles. The van der Waals surface area contributed by atoms with Crippen LogP contribution in [0, 0.1) is 5.92 Å². The molecule has 2 nitrogen and oxygen atoms in total. The fourth-order valence-electron chi connectivity index (χ4n) is 2.04. The first-order valence-electron chi connectivity index (χ1n) is 5.72. The Morgan fingerprint density at radius 2 is 2.27 bits per heavy atom. The van der Waals surface area contributed by atoms with Gasteiger partial charge in [-0.25, -0.2) is 0 Å². The molecule has 1 unspecified atom stereocenters. The third kappa shape index (κ3) is 2.95. The van der Waals surface area contributed by atoms with Gasteiger partial charge in [0.15, 0.2) is 0 Å². The fraction of sp³-hybridized carbons (Fsp3) is 0.615. The number of carbonyl (C=O) groups is 1. The van der Waals surface area contributed by atoms with Gasteiger partial charge in [0.1, 0.15) is 0 Å². The SMILES string of the molecule is CCCN(C(C)=O)C1=C(C)CC(C)C=C1. The molecule has 1 atom stereocenters. The predicted octanol–water partition coefficient (Wildman–Crippen LogP) is 3.11. The minimum Gasteiger partial charge on any atom is -0.313 e. The summed E-state index contributed by atoms with van der Waals surface area (Å²) in [5.74, 6) is 0.745. The minimum atomic E-state index is 0.144. The molecule has 0 bridgehead atoms. The maximum absolute atomic E-state index is 11.5. The van der Waals surface area contributed by atoms with Crippen LogP contribution in [-0.2, 0) is 4.79 Å². The molecular formula is C13H21NO. The Kier molecular flexibility index (Phi) is 4.13. The average Bonchev–Trinajstić information content (AvgIpc) is 2.15. The van der Waals surface area contributed by atoms with Crippen LogP contribution in [0.15, 0.2) is 23.4 Å². The zero-order chi connectivity index (χ0) is 11.4. The Balaban J connectivity index is 2.89. The lowest BCUT2D eigenvalue weighted by atomic mass is 9.94. The summed E-state index contributed by atoms with van der Waals surface area (Å²) < 4.78 is 0. The molecular weight excluding hydrogens is 186 g/mol. The molecule has 84 valence electrons. The lowest BCUT2D eigenvalue weighted by Crippen LogP contribution is -2.29. The van der Waals surface area contributed by atoms with Crippen molar-refractivity contribution in [1.29, 1.82) is 0 Å². The van der Waals surface area contributed by atoms with Crippen molar-refractivity contribution in [2.45, 2.75) is 40.5 Å². The van der Waals surface area contributed by atoms with Crippen molar-refractivity contribution in [2.24, 2.45) is 5.92 Å². The van der Waals surface area contributed by atoms with Gasteiger partial charge in [-0.3, -0.25) is 4.79 Å². The standard InChI is InChI=1S/C13H21NO/c1-5-8-14(12(4)15)13-7-6-10(2)9-11(13)3/h6-7,10H,5,8-9H2,1-4H3. The van der Waals surface area contributed by atoms with Crippen molar-refractivity contribution in [2.75, 3.05) is 6.54 Å². The Morgan fingerprint density at radius 1 is 1.60 bits per heavy atom. The highest BCUT2D eigenvalue weighted by atomic mass is 16.2. The maximum atomic E-state index is 11.5. The van der Waals surface area contributed by atoms with Crippen LogP contribution in [0.2, 0.25) is 0 Å². The molecule has 15 heavy (non-hydrogen) atoms. The summed E-state index contributed by atoms with van der Waals surface area (Å²) in [6.07, 6.45) is 6.35. The Morgan fingerprint density at radius 3 is 2.73 bits per heavy atom. The highest BCUT2D eigenvalue weighted by Crippen LogP contribution is 2.25. The third-order valence-corrected chi connectivity index (χ3v) is 2.77. The molecule has 0 aromatic rings. The van der Waals surface area contributed by atoms with Gasteiger partial charge in [0, 0.05) is 19.2 Å². The topological polar surface area (TPSA) is 20.3 Å². The first-order chi connectivity index (χ1) is 7.06. The molecule has 0 radical (unpaired) electrons. The molecule has 0 aliphatic heterocycles. The predicted molar refractivity (Wildman–Crippen MR) is 63.3 cm³/mol. The number of carbonyl (C=O) groups excluding carboxylic acids is 1. The minimum absolute atomic E-state index is 0.144. The van der Waals surface area contributed by atoms with Gasteiger partial charge in [0.05, 0.1) is 0 Å². The van der Waals surface area contributed by atoms with Crippen molar-refractivity contribution in [3.8, 4) is 0 Å². The van der Waals surface area contributed by atoms with Gasteiger partial charge in [0.2, 0.25) is 5.91 Å². The van der Waals surface area contributed by atoms with Gasteiger partial charge in [-0.2, -0.15) is 0 Å². The lowest BCUT2D eigenvalue weighted by Gasteiger charge is -2.27. The highest BCUT2D eigenvalue weighted by molar-refractivity contribution is 5.76. The summed E-state index contributed by atoms with van der Waals surface area (Å²) in [5, 5.41) is 0. The Labute approximate surface area is 92.7 Å². The second-order valence-corrected chi connectivity index (χ2v) is 4.38. The summed E-state index contributed by atoms with van der Waals surface area (Å²) in [4.78, 5) is 13.4. The lowest BCUT2D eigenvalue weighted by molar-refractivity contribution is -0.126. The molecule has 0 aromatic heterocycles. The third-order valence-electron chi connectivity index (χ3n) is 2.77. The second-order valence-electron chi connectivity index (χ2n) is 4.38. The van der Waals surface area contributed by atoms with Crippen molar-refractivity contribution >= 4 is 5.91 Å². The number of allylic oxidation sites excluding steroid dienone is 3. The van der Waals surface area contributed by atoms with E-state index in [2.05, 4.69) is 32.9 Å². The van der Waals surface area contributed by atoms with E-state index in [4.69, 9.17) is 0 Å². The van der Waals surface area contributed by atoms with Gasteiger partial charge in [-0.15, -0.1) is 0 Å². The molecule has 0 spiro atoms.